The van der Waals surface area contributed by atoms with E-state index in [9.17, 15) is 0 Å². The van der Waals surface area contributed by atoms with Crippen LogP contribution in [-0.4, -0.2) is 16.4 Å². The first kappa shape index (κ1) is 22.6. The first-order valence-electron chi connectivity index (χ1n) is 0.507. The van der Waals surface area contributed by atoms with Crippen LogP contribution in [0.25, 0.3) is 0 Å². The van der Waals surface area contributed by atoms with E-state index in [0.717, 1.165) is 0 Å². The van der Waals surface area contributed by atoms with E-state index >= 15 is 0 Å². The van der Waals surface area contributed by atoms with Crippen LogP contribution in [-0.2, 0) is 6.99 Å². The van der Waals surface area contributed by atoms with Crippen molar-refractivity contribution in [3.05, 3.63) is 0 Å². The minimum absolute atomic E-state index is 0. The van der Waals surface area contributed by atoms with E-state index in [0.29, 0.717) is 0 Å². The van der Waals surface area contributed by atoms with Crippen molar-refractivity contribution < 1.29 is 23.4 Å². The van der Waals surface area contributed by atoms with Gasteiger partial charge in [-0.05, 0) is 0 Å². The topological polar surface area (TPSA) is 94.5 Å². The van der Waals surface area contributed by atoms with E-state index in [1.165, 1.54) is 0 Å². The molecule has 0 aliphatic heterocycles. The Morgan fingerprint density at radius 2 is 0.714 bits per heavy atom. The third-order valence-electron chi connectivity index (χ3n) is 0. The van der Waals surface area contributed by atoms with Crippen molar-refractivity contribution in [2.24, 2.45) is 0 Å². The van der Waals surface area contributed by atoms with Crippen molar-refractivity contribution in [1.29, 1.82) is 0 Å². The van der Waals surface area contributed by atoms with E-state index in [2.05, 4.69) is 57.1 Å². The van der Waals surface area contributed by atoms with Gasteiger partial charge in [0.15, 0.2) is 0 Å². The molecule has 0 aliphatic carbocycles. The van der Waals surface area contributed by atoms with E-state index in [4.69, 9.17) is 0 Å². The summed E-state index contributed by atoms with van der Waals surface area (Å²) in [7, 11) is 0. The molecule has 0 saturated heterocycles. The van der Waals surface area contributed by atoms with Gasteiger partial charge in [-0.25, -0.2) is 0 Å². The van der Waals surface area contributed by atoms with Crippen molar-refractivity contribution in [1.82, 2.24) is 0 Å². The summed E-state index contributed by atoms with van der Waals surface area (Å²) in [6, 6.07) is 0. The molecule has 0 unspecified atom stereocenters. The Labute approximate surface area is 78.6 Å². The molecule has 0 radical (unpaired) electrons. The van der Waals surface area contributed by atoms with Gasteiger partial charge in [-0.3, -0.25) is 0 Å². The third-order valence-corrected chi connectivity index (χ3v) is 0. The molecular weight excluding hydrogens is 522 g/mol. The zero-order valence-electron chi connectivity index (χ0n) is 3.08. The fraction of sp³-hybridized carbons (Fsp3) is 0. The van der Waals surface area contributed by atoms with Crippen LogP contribution in [0.4, 0.5) is 0 Å². The molecule has 7 heteroatoms. The Balaban J connectivity index is -0.0000000150. The van der Waals surface area contributed by atoms with Crippen molar-refractivity contribution in [2.45, 2.75) is 0 Å². The van der Waals surface area contributed by atoms with Crippen LogP contribution < -0.4 is 0 Å². The predicted molar refractivity (Wildman–Crippen MR) is 52.9 cm³/mol. The van der Waals surface area contributed by atoms with Gasteiger partial charge in [0.25, 0.3) is 0 Å². The molecule has 0 aromatic carbocycles. The van der Waals surface area contributed by atoms with E-state index < -0.39 is 6.99 Å². The minimum atomic E-state index is -0.540. The Kier molecular flexibility index (Phi) is 51.3. The molecule has 50 valence electrons. The second-order valence-corrected chi connectivity index (χ2v) is 51.0. The maximum atomic E-state index is 2.50. The van der Waals surface area contributed by atoms with Gasteiger partial charge < -0.3 is 16.4 Å². The van der Waals surface area contributed by atoms with Gasteiger partial charge in [0.2, 0.25) is 0 Å². The first-order valence-corrected chi connectivity index (χ1v) is 20.1. The Morgan fingerprint density at radius 3 is 0.714 bits per heavy atom. The number of rotatable bonds is 0. The van der Waals surface area contributed by atoms with Gasteiger partial charge in [-0.2, -0.15) is 0 Å². The van der Waals surface area contributed by atoms with Crippen LogP contribution in [0.1, 0.15) is 0 Å². The van der Waals surface area contributed by atoms with Crippen molar-refractivity contribution >= 4 is 57.1 Å². The molecular formula is H6I3NbO3. The molecule has 0 aromatic heterocycles. The fourth-order valence-electron chi connectivity index (χ4n) is 0. The average molecular weight is 528 g/mol. The standard InChI is InChI=1S/3HI.Nb.3H2O/h3*1H;;3*1H2/q;;;+3;;;/p-3. The first-order chi connectivity index (χ1) is 1.73. The molecule has 6 N–H and O–H groups in total. The van der Waals surface area contributed by atoms with E-state index in [1.54, 1.807) is 0 Å². The SMILES string of the molecule is O.O.O.[I][Nb]([I])[I]. The van der Waals surface area contributed by atoms with Crippen LogP contribution in [0.15, 0.2) is 0 Å². The molecule has 0 rings (SSSR count). The summed E-state index contributed by atoms with van der Waals surface area (Å²) < 4.78 is 0. The van der Waals surface area contributed by atoms with Gasteiger partial charge in [0, 0.05) is 0 Å². The fourth-order valence-corrected chi connectivity index (χ4v) is 0. The van der Waals surface area contributed by atoms with Gasteiger partial charge in [0.1, 0.15) is 0 Å². The van der Waals surface area contributed by atoms with E-state index in [1.807, 2.05) is 0 Å². The summed E-state index contributed by atoms with van der Waals surface area (Å²) in [6.45, 7) is -0.540. The van der Waals surface area contributed by atoms with Crippen LogP contribution in [0, 0.1) is 0 Å². The predicted octanol–water partition coefficient (Wildman–Crippen LogP) is 0.180. The number of hydrogen-bond donors (Lipinski definition) is 0. The van der Waals surface area contributed by atoms with Gasteiger partial charge in [0.05, 0.1) is 0 Å². The molecule has 0 atom stereocenters. The molecule has 0 heterocycles. The molecule has 3 nitrogen and oxygen atoms in total. The molecule has 7 heavy (non-hydrogen) atoms. The monoisotopic (exact) mass is 528 g/mol. The number of halogens is 3. The van der Waals surface area contributed by atoms with Crippen molar-refractivity contribution in [3.63, 3.8) is 0 Å². The molecule has 0 aromatic rings. The molecule has 0 fully saturated rings. The summed E-state index contributed by atoms with van der Waals surface area (Å²) in [5.41, 5.74) is 0. The molecule has 0 saturated carbocycles. The van der Waals surface area contributed by atoms with Crippen LogP contribution >= 0.6 is 57.1 Å². The van der Waals surface area contributed by atoms with Crippen LogP contribution in [0.5, 0.6) is 0 Å². The summed E-state index contributed by atoms with van der Waals surface area (Å²) in [6.07, 6.45) is 0. The summed E-state index contributed by atoms with van der Waals surface area (Å²) in [5, 5.41) is 0. The molecule has 0 bridgehead atoms. The van der Waals surface area contributed by atoms with Gasteiger partial charge >= 0.3 is 64.1 Å². The zero-order chi connectivity index (χ0) is 3.58. The second kappa shape index (κ2) is 15.9. The molecule has 0 spiro atoms. The Morgan fingerprint density at radius 1 is 0.714 bits per heavy atom. The summed E-state index contributed by atoms with van der Waals surface area (Å²) >= 11 is 7.50. The number of hydrogen-bond acceptors (Lipinski definition) is 0. The van der Waals surface area contributed by atoms with Crippen LogP contribution in [0.2, 0.25) is 0 Å². The maximum absolute atomic E-state index is 2.50. The third kappa shape index (κ3) is 51.7. The molecule has 0 amide bonds. The Hall–Kier alpha value is 2.81. The van der Waals surface area contributed by atoms with Crippen molar-refractivity contribution in [3.8, 4) is 0 Å². The quantitative estimate of drug-likeness (QED) is 0.318. The second-order valence-electron chi connectivity index (χ2n) is 0.192. The van der Waals surface area contributed by atoms with Gasteiger partial charge in [-0.1, -0.05) is 0 Å². The normalized spacial score (nSPS) is 5.14. The van der Waals surface area contributed by atoms with Crippen LogP contribution in [0.3, 0.4) is 0 Å². The summed E-state index contributed by atoms with van der Waals surface area (Å²) in [5.74, 6) is 0. The summed E-state index contributed by atoms with van der Waals surface area (Å²) in [4.78, 5) is 0. The Bertz CT molecular complexity index is 14.9. The van der Waals surface area contributed by atoms with Crippen molar-refractivity contribution in [2.75, 3.05) is 0 Å². The van der Waals surface area contributed by atoms with E-state index in [-0.39, 0.29) is 16.4 Å². The zero-order valence-corrected chi connectivity index (χ0v) is 11.8. The average Bonchev–Trinajstić information content (AvgIpc) is 0.811. The molecule has 0 aliphatic rings. The van der Waals surface area contributed by atoms with Gasteiger partial charge in [-0.15, -0.1) is 0 Å².